The summed E-state index contributed by atoms with van der Waals surface area (Å²) in [6.07, 6.45) is 2.97. The van der Waals surface area contributed by atoms with Gasteiger partial charge in [-0.2, -0.15) is 4.39 Å². The molecule has 2 nitrogen and oxygen atoms in total. The highest BCUT2D eigenvalue weighted by molar-refractivity contribution is 6.30. The first-order chi connectivity index (χ1) is 7.20. The molecule has 76 valence electrons. The van der Waals surface area contributed by atoms with E-state index >= 15 is 0 Å². The van der Waals surface area contributed by atoms with E-state index in [0.717, 1.165) is 11.1 Å². The summed E-state index contributed by atoms with van der Waals surface area (Å²) >= 11 is 5.86. The van der Waals surface area contributed by atoms with E-state index in [1.165, 1.54) is 6.20 Å². The number of hydrogen-bond acceptors (Lipinski definition) is 2. The van der Waals surface area contributed by atoms with Crippen LogP contribution in [0.2, 0.25) is 5.15 Å². The van der Waals surface area contributed by atoms with Crippen LogP contribution in [-0.4, -0.2) is 9.97 Å². The molecule has 0 radical (unpaired) electrons. The van der Waals surface area contributed by atoms with Gasteiger partial charge in [0.1, 0.15) is 5.15 Å². The topological polar surface area (TPSA) is 25.8 Å². The molecular weight excluding hydrogens is 215 g/mol. The van der Waals surface area contributed by atoms with Crippen molar-refractivity contribution in [3.8, 4) is 11.1 Å². The number of hydrogen-bond donors (Lipinski definition) is 0. The SMILES string of the molecule is Cc1c(-c2cccnc2F)ccnc1Cl. The second-order valence-corrected chi connectivity index (χ2v) is 3.47. The lowest BCUT2D eigenvalue weighted by Gasteiger charge is -2.06. The first kappa shape index (κ1) is 10.1. The van der Waals surface area contributed by atoms with E-state index in [-0.39, 0.29) is 0 Å². The molecule has 0 spiro atoms. The Kier molecular flexibility index (Phi) is 2.64. The summed E-state index contributed by atoms with van der Waals surface area (Å²) in [7, 11) is 0. The molecule has 0 aliphatic heterocycles. The summed E-state index contributed by atoms with van der Waals surface area (Å²) in [6.45, 7) is 1.80. The fourth-order valence-corrected chi connectivity index (χ4v) is 1.55. The van der Waals surface area contributed by atoms with Crippen molar-refractivity contribution in [1.82, 2.24) is 9.97 Å². The molecule has 2 aromatic rings. The van der Waals surface area contributed by atoms with Gasteiger partial charge in [-0.15, -0.1) is 0 Å². The zero-order chi connectivity index (χ0) is 10.8. The van der Waals surface area contributed by atoms with Crippen molar-refractivity contribution in [2.24, 2.45) is 0 Å². The van der Waals surface area contributed by atoms with Gasteiger partial charge in [-0.1, -0.05) is 11.6 Å². The van der Waals surface area contributed by atoms with Crippen LogP contribution < -0.4 is 0 Å². The van der Waals surface area contributed by atoms with E-state index in [1.54, 1.807) is 31.3 Å². The fraction of sp³-hybridized carbons (Fsp3) is 0.0909. The predicted molar refractivity (Wildman–Crippen MR) is 57.2 cm³/mol. The Morgan fingerprint density at radius 3 is 2.67 bits per heavy atom. The minimum Gasteiger partial charge on any atom is -0.244 e. The number of rotatable bonds is 1. The van der Waals surface area contributed by atoms with Gasteiger partial charge in [0, 0.05) is 18.0 Å². The molecule has 0 aliphatic carbocycles. The molecule has 0 aromatic carbocycles. The summed E-state index contributed by atoms with van der Waals surface area (Å²) in [6, 6.07) is 5.08. The van der Waals surface area contributed by atoms with Crippen molar-refractivity contribution in [1.29, 1.82) is 0 Å². The first-order valence-electron chi connectivity index (χ1n) is 4.42. The van der Waals surface area contributed by atoms with E-state index in [0.29, 0.717) is 10.7 Å². The lowest BCUT2D eigenvalue weighted by Crippen LogP contribution is -1.92. The van der Waals surface area contributed by atoms with Gasteiger partial charge in [-0.05, 0) is 36.2 Å². The third kappa shape index (κ3) is 1.83. The third-order valence-corrected chi connectivity index (χ3v) is 2.57. The quantitative estimate of drug-likeness (QED) is 0.693. The molecule has 0 saturated heterocycles. The van der Waals surface area contributed by atoms with Crippen LogP contribution in [0.15, 0.2) is 30.6 Å². The van der Waals surface area contributed by atoms with Gasteiger partial charge in [0.2, 0.25) is 5.95 Å². The van der Waals surface area contributed by atoms with Gasteiger partial charge in [0.25, 0.3) is 0 Å². The first-order valence-corrected chi connectivity index (χ1v) is 4.80. The Hall–Kier alpha value is -1.48. The lowest BCUT2D eigenvalue weighted by atomic mass is 10.0. The summed E-state index contributed by atoms with van der Waals surface area (Å²) in [4.78, 5) is 7.51. The Morgan fingerprint density at radius 1 is 1.13 bits per heavy atom. The summed E-state index contributed by atoms with van der Waals surface area (Å²) < 4.78 is 13.4. The van der Waals surface area contributed by atoms with Gasteiger partial charge in [-0.3, -0.25) is 0 Å². The number of pyridine rings is 2. The average molecular weight is 223 g/mol. The van der Waals surface area contributed by atoms with Crippen LogP contribution in [0.5, 0.6) is 0 Å². The maximum absolute atomic E-state index is 13.4. The van der Waals surface area contributed by atoms with Crippen LogP contribution in [0, 0.1) is 12.9 Å². The van der Waals surface area contributed by atoms with Gasteiger partial charge >= 0.3 is 0 Å². The molecule has 0 atom stereocenters. The Morgan fingerprint density at radius 2 is 1.93 bits per heavy atom. The maximum atomic E-state index is 13.4. The van der Waals surface area contributed by atoms with Crippen LogP contribution >= 0.6 is 11.6 Å². The molecule has 0 bridgehead atoms. The lowest BCUT2D eigenvalue weighted by molar-refractivity contribution is 0.587. The molecule has 4 heteroatoms. The number of halogens is 2. The van der Waals surface area contributed by atoms with Crippen molar-refractivity contribution in [3.63, 3.8) is 0 Å². The maximum Gasteiger partial charge on any atom is 0.220 e. The van der Waals surface area contributed by atoms with Crippen LogP contribution in [-0.2, 0) is 0 Å². The second-order valence-electron chi connectivity index (χ2n) is 3.12. The largest absolute Gasteiger partial charge is 0.244 e. The monoisotopic (exact) mass is 222 g/mol. The van der Waals surface area contributed by atoms with Crippen LogP contribution in [0.3, 0.4) is 0 Å². The highest BCUT2D eigenvalue weighted by Crippen LogP contribution is 2.27. The zero-order valence-corrected chi connectivity index (χ0v) is 8.79. The Labute approximate surface area is 91.8 Å². The number of nitrogens with zero attached hydrogens (tertiary/aromatic N) is 2. The highest BCUT2D eigenvalue weighted by Gasteiger charge is 2.09. The highest BCUT2D eigenvalue weighted by atomic mass is 35.5. The van der Waals surface area contributed by atoms with Crippen molar-refractivity contribution < 1.29 is 4.39 Å². The molecule has 2 heterocycles. The van der Waals surface area contributed by atoms with Crippen LogP contribution in [0.1, 0.15) is 5.56 Å². The molecule has 0 fully saturated rings. The second kappa shape index (κ2) is 3.95. The van der Waals surface area contributed by atoms with E-state index in [1.807, 2.05) is 0 Å². The van der Waals surface area contributed by atoms with Gasteiger partial charge in [-0.25, -0.2) is 9.97 Å². The third-order valence-electron chi connectivity index (χ3n) is 2.19. The van der Waals surface area contributed by atoms with Crippen molar-refractivity contribution in [2.45, 2.75) is 6.92 Å². The molecule has 0 amide bonds. The van der Waals surface area contributed by atoms with E-state index in [2.05, 4.69) is 9.97 Å². The summed E-state index contributed by atoms with van der Waals surface area (Å²) in [5.74, 6) is -0.497. The normalized spacial score (nSPS) is 10.3. The molecule has 0 unspecified atom stereocenters. The Bertz CT molecular complexity index is 500. The Balaban J connectivity index is 2.65. The molecule has 15 heavy (non-hydrogen) atoms. The predicted octanol–water partition coefficient (Wildman–Crippen LogP) is 3.24. The smallest absolute Gasteiger partial charge is 0.220 e. The van der Waals surface area contributed by atoms with E-state index in [4.69, 9.17) is 11.6 Å². The summed E-state index contributed by atoms with van der Waals surface area (Å²) in [5.41, 5.74) is 1.92. The van der Waals surface area contributed by atoms with Crippen molar-refractivity contribution in [3.05, 3.63) is 47.3 Å². The van der Waals surface area contributed by atoms with Crippen molar-refractivity contribution in [2.75, 3.05) is 0 Å². The standard InChI is InChI=1S/C11H8ClFN2/c1-7-8(4-6-14-10(7)12)9-3-2-5-15-11(9)13/h2-6H,1H3. The van der Waals surface area contributed by atoms with Crippen molar-refractivity contribution >= 4 is 11.6 Å². The molecule has 2 rings (SSSR count). The zero-order valence-electron chi connectivity index (χ0n) is 8.04. The van der Waals surface area contributed by atoms with E-state index < -0.39 is 5.95 Å². The average Bonchev–Trinajstić information content (AvgIpc) is 2.23. The van der Waals surface area contributed by atoms with Crippen LogP contribution in [0.4, 0.5) is 4.39 Å². The van der Waals surface area contributed by atoms with E-state index in [9.17, 15) is 4.39 Å². The minimum atomic E-state index is -0.497. The van der Waals surface area contributed by atoms with Crippen LogP contribution in [0.25, 0.3) is 11.1 Å². The molecule has 2 aromatic heterocycles. The summed E-state index contributed by atoms with van der Waals surface area (Å²) in [5, 5.41) is 0.385. The molecule has 0 saturated carbocycles. The molecular formula is C11H8ClFN2. The molecule has 0 N–H and O–H groups in total. The van der Waals surface area contributed by atoms with Gasteiger partial charge in [0.15, 0.2) is 0 Å². The number of aromatic nitrogens is 2. The molecule has 0 aliphatic rings. The van der Waals surface area contributed by atoms with Gasteiger partial charge in [0.05, 0.1) is 0 Å². The fourth-order valence-electron chi connectivity index (χ4n) is 1.39. The van der Waals surface area contributed by atoms with Gasteiger partial charge < -0.3 is 0 Å². The minimum absolute atomic E-state index is 0.385.